The van der Waals surface area contributed by atoms with E-state index >= 15 is 0 Å². The van der Waals surface area contributed by atoms with Gasteiger partial charge in [0, 0.05) is 12.1 Å². The molecule has 3 heteroatoms. The fourth-order valence-electron chi connectivity index (χ4n) is 0.985. The quantitative estimate of drug-likeness (QED) is 0.661. The molecule has 0 aromatic heterocycles. The molecule has 2 N–H and O–H groups in total. The van der Waals surface area contributed by atoms with Gasteiger partial charge in [-0.2, -0.15) is 0 Å². The molecular weight excluding hydrogens is 152 g/mol. The Labute approximate surface area is 74.9 Å². The molecule has 12 heavy (non-hydrogen) atoms. The van der Waals surface area contributed by atoms with E-state index in [0.29, 0.717) is 6.04 Å². The van der Waals surface area contributed by atoms with Crippen LogP contribution in [0.5, 0.6) is 0 Å². The average Bonchev–Trinajstić information content (AvgIpc) is 1.84. The summed E-state index contributed by atoms with van der Waals surface area (Å²) >= 11 is 0. The second-order valence-electron chi connectivity index (χ2n) is 3.71. The first kappa shape index (κ1) is 11.4. The van der Waals surface area contributed by atoms with Crippen molar-refractivity contribution >= 4 is 5.91 Å². The molecule has 0 aliphatic carbocycles. The summed E-state index contributed by atoms with van der Waals surface area (Å²) in [4.78, 5) is 11.3. The largest absolute Gasteiger partial charge is 0.353 e. The Hall–Kier alpha value is -0.570. The van der Waals surface area contributed by atoms with Gasteiger partial charge in [0.25, 0.3) is 0 Å². The molecule has 0 aromatic carbocycles. The van der Waals surface area contributed by atoms with Gasteiger partial charge in [-0.15, -0.1) is 0 Å². The summed E-state index contributed by atoms with van der Waals surface area (Å²) in [6.07, 6.45) is 0. The third-order valence-electron chi connectivity index (χ3n) is 1.41. The van der Waals surface area contributed by atoms with Gasteiger partial charge < -0.3 is 10.6 Å². The van der Waals surface area contributed by atoms with Gasteiger partial charge in [-0.05, 0) is 20.8 Å². The van der Waals surface area contributed by atoms with Crippen molar-refractivity contribution in [1.29, 1.82) is 0 Å². The lowest BCUT2D eigenvalue weighted by atomic mass is 10.2. The normalized spacial score (nSPS) is 13.6. The van der Waals surface area contributed by atoms with Gasteiger partial charge in [0.1, 0.15) is 0 Å². The van der Waals surface area contributed by atoms with Crippen LogP contribution in [-0.2, 0) is 4.79 Å². The summed E-state index contributed by atoms with van der Waals surface area (Å²) in [6, 6.07) is 0.458. The van der Waals surface area contributed by atoms with Crippen LogP contribution in [0.1, 0.15) is 34.6 Å². The fraction of sp³-hybridized carbons (Fsp3) is 0.889. The van der Waals surface area contributed by atoms with Crippen molar-refractivity contribution < 1.29 is 4.79 Å². The summed E-state index contributed by atoms with van der Waals surface area (Å²) < 4.78 is 0. The molecule has 0 saturated carbocycles. The Balaban J connectivity index is 3.77. The van der Waals surface area contributed by atoms with E-state index in [1.54, 1.807) is 0 Å². The third-order valence-corrected chi connectivity index (χ3v) is 1.41. The van der Waals surface area contributed by atoms with Crippen LogP contribution in [0.3, 0.4) is 0 Å². The minimum absolute atomic E-state index is 0.0682. The molecule has 1 atom stereocenters. The van der Waals surface area contributed by atoms with Gasteiger partial charge in [-0.25, -0.2) is 0 Å². The van der Waals surface area contributed by atoms with E-state index in [4.69, 9.17) is 0 Å². The number of carbonyl (C=O) groups excluding carboxylic acids is 1. The molecule has 0 spiro atoms. The first-order chi connectivity index (χ1) is 5.43. The van der Waals surface area contributed by atoms with Gasteiger partial charge in [0.2, 0.25) is 5.91 Å². The highest BCUT2D eigenvalue weighted by Crippen LogP contribution is 1.88. The van der Waals surface area contributed by atoms with E-state index < -0.39 is 0 Å². The van der Waals surface area contributed by atoms with E-state index in [-0.39, 0.29) is 18.0 Å². The molecule has 0 radical (unpaired) electrons. The number of hydrogen-bond donors (Lipinski definition) is 2. The molecule has 1 amide bonds. The summed E-state index contributed by atoms with van der Waals surface area (Å²) in [5, 5.41) is 5.98. The molecule has 3 nitrogen and oxygen atoms in total. The zero-order valence-electron chi connectivity index (χ0n) is 8.64. The molecule has 0 bridgehead atoms. The number of amides is 1. The molecule has 0 aromatic rings. The molecule has 0 aliphatic rings. The zero-order valence-corrected chi connectivity index (χ0v) is 8.64. The Bertz CT molecular complexity index is 143. The Morgan fingerprint density at radius 3 is 1.83 bits per heavy atom. The number of carbonyl (C=O) groups is 1. The van der Waals surface area contributed by atoms with Crippen molar-refractivity contribution in [2.24, 2.45) is 0 Å². The van der Waals surface area contributed by atoms with Crippen LogP contribution in [-0.4, -0.2) is 24.0 Å². The van der Waals surface area contributed by atoms with Crippen LogP contribution in [0.4, 0.5) is 0 Å². The van der Waals surface area contributed by atoms with Gasteiger partial charge in [0.15, 0.2) is 0 Å². The van der Waals surface area contributed by atoms with Crippen molar-refractivity contribution in [3.8, 4) is 0 Å². The Kier molecular flexibility index (Phi) is 4.90. The lowest BCUT2D eigenvalue weighted by Crippen LogP contribution is -2.46. The SMILES string of the molecule is CC(C)NC(=O)[C@H](C)NC(C)C. The van der Waals surface area contributed by atoms with Crippen molar-refractivity contribution in [1.82, 2.24) is 10.6 Å². The minimum Gasteiger partial charge on any atom is -0.353 e. The molecule has 0 fully saturated rings. The van der Waals surface area contributed by atoms with Gasteiger partial charge in [-0.3, -0.25) is 4.79 Å². The molecule has 0 rings (SSSR count). The van der Waals surface area contributed by atoms with E-state index in [9.17, 15) is 4.79 Å². The number of hydrogen-bond acceptors (Lipinski definition) is 2. The highest BCUT2D eigenvalue weighted by Gasteiger charge is 2.13. The molecule has 0 unspecified atom stereocenters. The second kappa shape index (κ2) is 5.14. The monoisotopic (exact) mass is 172 g/mol. The topological polar surface area (TPSA) is 41.1 Å². The first-order valence-electron chi connectivity index (χ1n) is 4.50. The van der Waals surface area contributed by atoms with Crippen LogP contribution in [0.25, 0.3) is 0 Å². The molecule has 0 saturated heterocycles. The standard InChI is InChI=1S/C9H20N2O/c1-6(2)10-8(5)9(12)11-7(3)4/h6-8,10H,1-5H3,(H,11,12)/t8-/m0/s1. The smallest absolute Gasteiger partial charge is 0.237 e. The van der Waals surface area contributed by atoms with Gasteiger partial charge >= 0.3 is 0 Å². The van der Waals surface area contributed by atoms with Crippen LogP contribution in [0.2, 0.25) is 0 Å². The van der Waals surface area contributed by atoms with Crippen molar-refractivity contribution in [2.45, 2.75) is 52.7 Å². The van der Waals surface area contributed by atoms with E-state index in [1.165, 1.54) is 0 Å². The van der Waals surface area contributed by atoms with Crippen molar-refractivity contribution in [2.75, 3.05) is 0 Å². The van der Waals surface area contributed by atoms with E-state index in [0.717, 1.165) is 0 Å². The second-order valence-corrected chi connectivity index (χ2v) is 3.71. The van der Waals surface area contributed by atoms with Crippen molar-refractivity contribution in [3.63, 3.8) is 0 Å². The highest BCUT2D eigenvalue weighted by atomic mass is 16.2. The van der Waals surface area contributed by atoms with Crippen molar-refractivity contribution in [3.05, 3.63) is 0 Å². The molecular formula is C9H20N2O. The lowest BCUT2D eigenvalue weighted by Gasteiger charge is -2.17. The molecule has 72 valence electrons. The molecule has 0 aliphatic heterocycles. The first-order valence-corrected chi connectivity index (χ1v) is 4.50. The Morgan fingerprint density at radius 2 is 1.50 bits per heavy atom. The van der Waals surface area contributed by atoms with Crippen LogP contribution < -0.4 is 10.6 Å². The zero-order chi connectivity index (χ0) is 9.72. The summed E-state index contributed by atoms with van der Waals surface area (Å²) in [5.74, 6) is 0.0682. The van der Waals surface area contributed by atoms with Crippen LogP contribution in [0, 0.1) is 0 Å². The average molecular weight is 172 g/mol. The Morgan fingerprint density at radius 1 is 1.00 bits per heavy atom. The molecule has 0 heterocycles. The lowest BCUT2D eigenvalue weighted by molar-refractivity contribution is -0.123. The van der Waals surface area contributed by atoms with E-state index in [1.807, 2.05) is 34.6 Å². The number of rotatable bonds is 4. The van der Waals surface area contributed by atoms with Gasteiger partial charge in [-0.1, -0.05) is 13.8 Å². The minimum atomic E-state index is -0.104. The van der Waals surface area contributed by atoms with E-state index in [2.05, 4.69) is 10.6 Å². The highest BCUT2D eigenvalue weighted by molar-refractivity contribution is 5.81. The maximum absolute atomic E-state index is 11.3. The predicted molar refractivity (Wildman–Crippen MR) is 51.0 cm³/mol. The number of nitrogens with one attached hydrogen (secondary N) is 2. The van der Waals surface area contributed by atoms with Crippen LogP contribution in [0.15, 0.2) is 0 Å². The maximum Gasteiger partial charge on any atom is 0.237 e. The fourth-order valence-corrected chi connectivity index (χ4v) is 0.985. The summed E-state index contributed by atoms with van der Waals surface area (Å²) in [5.41, 5.74) is 0. The maximum atomic E-state index is 11.3. The van der Waals surface area contributed by atoms with Crippen LogP contribution >= 0.6 is 0 Å². The summed E-state index contributed by atoms with van der Waals surface area (Å²) in [6.45, 7) is 9.84. The summed E-state index contributed by atoms with van der Waals surface area (Å²) in [7, 11) is 0. The van der Waals surface area contributed by atoms with Gasteiger partial charge in [0.05, 0.1) is 6.04 Å². The third kappa shape index (κ3) is 5.13. The predicted octanol–water partition coefficient (Wildman–Crippen LogP) is 0.897.